The van der Waals surface area contributed by atoms with Gasteiger partial charge in [0.05, 0.1) is 11.2 Å². The zero-order chi connectivity index (χ0) is 34.9. The molecule has 6 rings (SSSR count). The highest BCUT2D eigenvalue weighted by atomic mass is 35.5. The Labute approximate surface area is 311 Å². The molecule has 274 valence electrons. The van der Waals surface area contributed by atoms with Crippen molar-refractivity contribution in [3.05, 3.63) is 68.7 Å². The smallest absolute Gasteiger partial charge is 0.0728 e. The normalized spacial score (nSPS) is 29.9. The molecule has 2 aromatic rings. The lowest BCUT2D eigenvalue weighted by Gasteiger charge is -2.41. The molecule has 49 heavy (non-hydrogen) atoms. The molecule has 0 aromatic heterocycles. The Balaban J connectivity index is 0.000000191. The van der Waals surface area contributed by atoms with Gasteiger partial charge in [0.1, 0.15) is 0 Å². The summed E-state index contributed by atoms with van der Waals surface area (Å²) in [6.45, 7) is 11.0. The minimum absolute atomic E-state index is 0.310. The number of halogens is 3. The van der Waals surface area contributed by atoms with Gasteiger partial charge in [-0.05, 0) is 75.2 Å². The molecule has 2 N–H and O–H groups in total. The van der Waals surface area contributed by atoms with Crippen LogP contribution in [0.1, 0.15) is 75.3 Å². The van der Waals surface area contributed by atoms with E-state index in [9.17, 15) is 10.2 Å². The van der Waals surface area contributed by atoms with Crippen LogP contribution in [0.15, 0.2) is 42.5 Å². The summed E-state index contributed by atoms with van der Waals surface area (Å²) in [5, 5.41) is 25.3. The van der Waals surface area contributed by atoms with E-state index in [0.717, 1.165) is 127 Å². The van der Waals surface area contributed by atoms with Gasteiger partial charge in [-0.2, -0.15) is 0 Å². The van der Waals surface area contributed by atoms with Crippen LogP contribution >= 0.6 is 34.8 Å². The number of aliphatic hydroxyl groups is 2. The van der Waals surface area contributed by atoms with Crippen LogP contribution in [0.25, 0.3) is 0 Å². The molecule has 6 nitrogen and oxygen atoms in total. The van der Waals surface area contributed by atoms with E-state index >= 15 is 0 Å². The van der Waals surface area contributed by atoms with Crippen molar-refractivity contribution in [3.63, 3.8) is 0 Å². The molecule has 2 saturated carbocycles. The lowest BCUT2D eigenvalue weighted by molar-refractivity contribution is -0.0408. The Morgan fingerprint density at radius 3 is 1.63 bits per heavy atom. The zero-order valence-corrected chi connectivity index (χ0v) is 32.3. The minimum Gasteiger partial charge on any atom is -0.389 e. The first kappa shape index (κ1) is 39.3. The van der Waals surface area contributed by atoms with Gasteiger partial charge in [0.25, 0.3) is 0 Å². The fraction of sp³-hybridized carbons (Fsp3) is 0.700. The Morgan fingerprint density at radius 1 is 0.612 bits per heavy atom. The van der Waals surface area contributed by atoms with Crippen LogP contribution in [-0.4, -0.2) is 121 Å². The molecule has 4 atom stereocenters. The average Bonchev–Trinajstić information content (AvgIpc) is 3.36. The van der Waals surface area contributed by atoms with Crippen molar-refractivity contribution in [3.8, 4) is 0 Å². The summed E-state index contributed by atoms with van der Waals surface area (Å²) in [5.74, 6) is 0.674. The lowest BCUT2D eigenvalue weighted by atomic mass is 9.78. The number of piperazine rings is 2. The van der Waals surface area contributed by atoms with Gasteiger partial charge in [-0.15, -0.1) is 0 Å². The quantitative estimate of drug-likeness (QED) is 0.274. The first-order valence-corrected chi connectivity index (χ1v) is 20.1. The van der Waals surface area contributed by atoms with Gasteiger partial charge in [-0.25, -0.2) is 0 Å². The van der Waals surface area contributed by atoms with E-state index in [1.54, 1.807) is 6.07 Å². The highest BCUT2D eigenvalue weighted by Gasteiger charge is 2.40. The van der Waals surface area contributed by atoms with Crippen molar-refractivity contribution in [2.45, 2.75) is 88.3 Å². The fourth-order valence-electron chi connectivity index (χ4n) is 8.61. The molecule has 2 heterocycles. The highest BCUT2D eigenvalue weighted by Crippen LogP contribution is 2.38. The van der Waals surface area contributed by atoms with Crippen molar-refractivity contribution in [1.29, 1.82) is 0 Å². The van der Waals surface area contributed by atoms with E-state index in [0.29, 0.717) is 28.3 Å². The van der Waals surface area contributed by atoms with Gasteiger partial charge in [0.15, 0.2) is 0 Å². The van der Waals surface area contributed by atoms with Crippen LogP contribution < -0.4 is 0 Å². The minimum atomic E-state index is -0.669. The summed E-state index contributed by atoms with van der Waals surface area (Å²) < 4.78 is 0. The molecule has 9 heteroatoms. The third kappa shape index (κ3) is 11.8. The summed E-state index contributed by atoms with van der Waals surface area (Å²) in [4.78, 5) is 9.86. The summed E-state index contributed by atoms with van der Waals surface area (Å²) in [6, 6.07) is 13.6. The first-order chi connectivity index (χ1) is 23.5. The van der Waals surface area contributed by atoms with Gasteiger partial charge in [-0.1, -0.05) is 91.5 Å². The second-order valence-electron chi connectivity index (χ2n) is 15.7. The molecule has 2 aromatic carbocycles. The highest BCUT2D eigenvalue weighted by molar-refractivity contribution is 6.35. The summed E-state index contributed by atoms with van der Waals surface area (Å²) >= 11 is 18.6. The number of hydrogen-bond donors (Lipinski definition) is 2. The first-order valence-electron chi connectivity index (χ1n) is 19.0. The number of nitrogens with zero attached hydrogens (tertiary/aromatic N) is 4. The Bertz CT molecular complexity index is 1300. The summed E-state index contributed by atoms with van der Waals surface area (Å²) in [7, 11) is 4.38. The van der Waals surface area contributed by atoms with E-state index in [1.807, 2.05) is 30.3 Å². The Morgan fingerprint density at radius 2 is 1.12 bits per heavy atom. The molecular formula is C40H61Cl3N4O2. The molecule has 0 spiro atoms. The van der Waals surface area contributed by atoms with Crippen LogP contribution in [0.5, 0.6) is 0 Å². The molecule has 4 unspecified atom stereocenters. The van der Waals surface area contributed by atoms with Crippen LogP contribution in [-0.2, 0) is 12.8 Å². The largest absolute Gasteiger partial charge is 0.389 e. The molecule has 2 aliphatic carbocycles. The zero-order valence-electron chi connectivity index (χ0n) is 30.1. The topological polar surface area (TPSA) is 53.4 Å². The van der Waals surface area contributed by atoms with Crippen LogP contribution in [0.4, 0.5) is 0 Å². The molecule has 4 aliphatic rings. The van der Waals surface area contributed by atoms with Crippen LogP contribution in [0.2, 0.25) is 15.1 Å². The molecule has 0 amide bonds. The third-order valence-electron chi connectivity index (χ3n) is 11.9. The monoisotopic (exact) mass is 734 g/mol. The van der Waals surface area contributed by atoms with Crippen molar-refractivity contribution in [1.82, 2.24) is 19.6 Å². The maximum atomic E-state index is 11.6. The number of rotatable bonds is 8. The fourth-order valence-corrected chi connectivity index (χ4v) is 9.30. The van der Waals surface area contributed by atoms with Crippen LogP contribution in [0.3, 0.4) is 0 Å². The van der Waals surface area contributed by atoms with E-state index in [-0.39, 0.29) is 0 Å². The molecular weight excluding hydrogens is 675 g/mol. The van der Waals surface area contributed by atoms with E-state index in [1.165, 1.54) is 25.7 Å². The Kier molecular flexibility index (Phi) is 15.0. The van der Waals surface area contributed by atoms with Gasteiger partial charge in [0.2, 0.25) is 0 Å². The molecule has 0 radical (unpaired) electrons. The van der Waals surface area contributed by atoms with Gasteiger partial charge >= 0.3 is 0 Å². The van der Waals surface area contributed by atoms with Crippen molar-refractivity contribution in [2.24, 2.45) is 11.8 Å². The van der Waals surface area contributed by atoms with E-state index < -0.39 is 11.2 Å². The van der Waals surface area contributed by atoms with E-state index in [2.05, 4.69) is 39.8 Å². The standard InChI is InChI=1S/C20H30Cl2N2O.C20H31ClN2O/c1-23-9-11-24(12-10-23)15-17-5-3-2-4-8-20(17,25)14-16-6-7-18(21)13-19(16)22;1-22-10-12-23(13-11-22)16-18-7-3-2-4-9-20(18,24)15-17-6-5-8-19(21)14-17/h6-7,13,17,25H,2-5,8-12,14-15H2,1H3;5-6,8,14,18,24H,2-4,7,9-13,15-16H2,1H3. The van der Waals surface area contributed by atoms with Gasteiger partial charge in [-0.3, -0.25) is 0 Å². The maximum absolute atomic E-state index is 11.6. The van der Waals surface area contributed by atoms with Crippen molar-refractivity contribution in [2.75, 3.05) is 79.5 Å². The van der Waals surface area contributed by atoms with E-state index in [4.69, 9.17) is 34.8 Å². The SMILES string of the molecule is CN1CCN(CC2CCCCCC2(O)Cc2ccc(Cl)cc2Cl)CC1.CN1CCN(CC2CCCCCC2(O)Cc2cccc(Cl)c2)CC1. The maximum Gasteiger partial charge on any atom is 0.0728 e. The second kappa shape index (κ2) is 18.7. The summed E-state index contributed by atoms with van der Waals surface area (Å²) in [5.41, 5.74) is 0.913. The number of likely N-dealkylation sites (N-methyl/N-ethyl adjacent to an activating group) is 2. The molecule has 2 aliphatic heterocycles. The number of hydrogen-bond acceptors (Lipinski definition) is 6. The average molecular weight is 736 g/mol. The van der Waals surface area contributed by atoms with Gasteiger partial charge in [0, 0.05) is 105 Å². The van der Waals surface area contributed by atoms with Crippen LogP contribution in [0, 0.1) is 11.8 Å². The molecule has 2 saturated heterocycles. The Hall–Kier alpha value is -0.930. The van der Waals surface area contributed by atoms with Crippen molar-refractivity contribution >= 4 is 34.8 Å². The predicted octanol–water partition coefficient (Wildman–Crippen LogP) is 7.54. The second-order valence-corrected chi connectivity index (χ2v) is 17.0. The molecule has 4 fully saturated rings. The molecule has 0 bridgehead atoms. The lowest BCUT2D eigenvalue weighted by Crippen LogP contribution is -2.50. The third-order valence-corrected chi connectivity index (χ3v) is 12.7. The number of benzene rings is 2. The van der Waals surface area contributed by atoms with Gasteiger partial charge < -0.3 is 29.8 Å². The summed E-state index contributed by atoms with van der Waals surface area (Å²) in [6.07, 6.45) is 12.5. The van der Waals surface area contributed by atoms with Crippen molar-refractivity contribution < 1.29 is 10.2 Å². The predicted molar refractivity (Wildman–Crippen MR) is 206 cm³/mol.